The number of aliphatic hydroxyl groups is 6. The predicted octanol–water partition coefficient (Wildman–Crippen LogP) is 4.88. The lowest BCUT2D eigenvalue weighted by atomic mass is 9.86. The Balaban J connectivity index is 0.000000878. The van der Waals surface area contributed by atoms with Crippen LogP contribution in [0.1, 0.15) is 189 Å². The second-order valence-electron chi connectivity index (χ2n) is 30.4. The number of likely N-dealkylation sites (N-methyl/N-ethyl adjacent to an activating group) is 1. The number of fused-ring (bicyclic) bond motifs is 15. The van der Waals surface area contributed by atoms with E-state index in [9.17, 15) is 79.8 Å². The monoisotopic (exact) mass is 1680 g/mol. The van der Waals surface area contributed by atoms with Crippen LogP contribution >= 0.6 is 23.2 Å². The van der Waals surface area contributed by atoms with E-state index in [4.69, 9.17) is 68.2 Å². The molecule has 2 fully saturated rings. The first kappa shape index (κ1) is 91.2. The van der Waals surface area contributed by atoms with Crippen LogP contribution in [0.3, 0.4) is 0 Å². The molecule has 5 aromatic rings. The first-order chi connectivity index (χ1) is 55.4. The van der Waals surface area contributed by atoms with Crippen LogP contribution in [0.25, 0.3) is 11.1 Å². The van der Waals surface area contributed by atoms with Crippen molar-refractivity contribution >= 4 is 76.5 Å². The van der Waals surface area contributed by atoms with Gasteiger partial charge in [-0.25, -0.2) is 4.79 Å². The summed E-state index contributed by atoms with van der Waals surface area (Å²) in [7, 11) is 1.47. The number of nitrogens with two attached hydrogens (primary N) is 2. The van der Waals surface area contributed by atoms with Crippen molar-refractivity contribution in [2.75, 3.05) is 13.7 Å². The number of hydrogen-bond donors (Lipinski definition) is 20. The first-order valence-electron chi connectivity index (χ1n) is 38.6. The summed E-state index contributed by atoms with van der Waals surface area (Å²) in [6.07, 6.45) is -4.19. The van der Waals surface area contributed by atoms with Gasteiger partial charge in [-0.2, -0.15) is 0 Å². The van der Waals surface area contributed by atoms with Crippen molar-refractivity contribution < 1.29 is 128 Å². The molecule has 7 aliphatic heterocycles. The second-order valence-corrected chi connectivity index (χ2v) is 31.2. The van der Waals surface area contributed by atoms with Gasteiger partial charge in [0.05, 0.1) is 41.3 Å². The van der Waals surface area contributed by atoms with E-state index in [1.165, 1.54) is 90.8 Å². The fourth-order valence-corrected chi connectivity index (χ4v) is 14.9. The summed E-state index contributed by atoms with van der Waals surface area (Å²) >= 11 is 14.1. The molecule has 0 unspecified atom stereocenters. The smallest absolute Gasteiger partial charge is 0.330 e. The third kappa shape index (κ3) is 22.8. The first-order valence-corrected chi connectivity index (χ1v) is 39.4. The molecule has 18 atom stereocenters. The number of aromatic hydroxyl groups is 3. The van der Waals surface area contributed by atoms with Gasteiger partial charge in [-0.1, -0.05) is 126 Å². The van der Waals surface area contributed by atoms with Gasteiger partial charge in [0.2, 0.25) is 53.4 Å². The molecule has 638 valence electrons. The fourth-order valence-electron chi connectivity index (χ4n) is 14.4. The summed E-state index contributed by atoms with van der Waals surface area (Å²) in [5, 5.41) is 139. The standard InChI is InChI=1S/C66H75Cl2N9O24.C14H28O2/c1-23(2)12-34(71-5)58(88)76-49-51(83)26-7-10-38(32(67)14-26)97-40-16-28-17-41(55(40)101-65-56(54(86)53(85)42(22-78)99-65)100-44-21-66(4,70)57(87)24(3)96-44)98-39-11-8-27(15-33(39)68)52(84)50-63(93)75-48(64(94)95)31-18-29(79)19-37(81)45(31)30-13-25(6-9-36(30)80)46(60(90)77-50)74-61(91)47(28)73-59(89)35(20-43(69)82)72-62(49)92;1-2-3-4-5-6-7-8-9-10-11-12-13-14(15)16/h6-11,13-19,23-24,34-35,42,44,46-54,56-57,65,71,78-81,83-87H,12,20-22,70H2,1-5H3,(H2,69,82)(H,72,92)(H,73,89)(H,74,91)(H,75,93)(H,76,88)(H,77,90)(H,94,95);2-13H2,1H3,(H,15,16)/t24-,34+,35-,42+,44-,46+,47+,48-,49+,50-,51+,52+,53+,54-,56+,57+,65-,66-;/m0./s1. The SMILES string of the molecule is CCCCCCCCCCCCCC(=O)O.CN[C@H](CC(C)C)C(=O)N[C@H]1C(=O)N[C@@H](CC(N)=O)C(=O)N[C@H]2C(=O)N[C@H]3C(=O)N[C@H](C(=O)N[C@H](C(=O)O)c4cc(O)cc(O)c4-c4cc3ccc4O)[C@H](O)c3ccc(c(Cl)c3)Oc3cc2cc(c3O[C@@H]2O[C@H](CO)[C@@H](O)[C@H](O)[C@H]2O[C@H]2C[C@](C)(N)[C@H](O)[C@H](C)O2)Oc2ccc(cc2Cl)[C@H]1O. The lowest BCUT2D eigenvalue weighted by Gasteiger charge is -2.47. The minimum Gasteiger partial charge on any atom is -0.508 e. The number of phenolic OH excluding ortho intramolecular Hbond substituents is 3. The number of rotatable bonds is 25. The number of carbonyl (C=O) groups excluding carboxylic acids is 7. The van der Waals surface area contributed by atoms with Crippen molar-refractivity contribution in [1.82, 2.24) is 37.2 Å². The average Bonchev–Trinajstić information content (AvgIpc) is 0.765. The zero-order chi connectivity index (χ0) is 85.6. The van der Waals surface area contributed by atoms with Gasteiger partial charge in [-0.15, -0.1) is 0 Å². The molecule has 12 rings (SSSR count). The largest absolute Gasteiger partial charge is 0.508 e. The highest BCUT2D eigenvalue weighted by Gasteiger charge is 2.52. The van der Waals surface area contributed by atoms with Crippen LogP contribution < -0.4 is 62.9 Å². The summed E-state index contributed by atoms with van der Waals surface area (Å²) in [5.41, 5.74) is 8.00. The quantitative estimate of drug-likeness (QED) is 0.0346. The Morgan fingerprint density at radius 3 is 1.79 bits per heavy atom. The number of carboxylic acids is 2. The highest BCUT2D eigenvalue weighted by molar-refractivity contribution is 6.32. The van der Waals surface area contributed by atoms with E-state index >= 15 is 14.4 Å². The van der Waals surface area contributed by atoms with Crippen molar-refractivity contribution in [2.24, 2.45) is 17.4 Å². The number of carbonyl (C=O) groups is 9. The summed E-state index contributed by atoms with van der Waals surface area (Å²) in [6.45, 7) is 7.91. The maximum Gasteiger partial charge on any atom is 0.330 e. The molecule has 35 nitrogen and oxygen atoms in total. The van der Waals surface area contributed by atoms with E-state index in [0.717, 1.165) is 79.6 Å². The van der Waals surface area contributed by atoms with Crippen molar-refractivity contribution in [3.8, 4) is 57.1 Å². The maximum absolute atomic E-state index is 16.0. The Labute approximate surface area is 683 Å². The Hall–Kier alpha value is -9.73. The molecule has 0 spiro atoms. The number of amides is 7. The van der Waals surface area contributed by atoms with Gasteiger partial charge in [0.25, 0.3) is 0 Å². The van der Waals surface area contributed by atoms with Crippen LogP contribution in [-0.2, 0) is 57.4 Å². The topological polar surface area (TPSA) is 568 Å². The van der Waals surface area contributed by atoms with Crippen LogP contribution in [-0.4, -0.2) is 202 Å². The lowest BCUT2D eigenvalue weighted by molar-refractivity contribution is -0.333. The number of primary amides is 1. The van der Waals surface area contributed by atoms with Gasteiger partial charge >= 0.3 is 11.9 Å². The number of carboxylic acid groups (broad SMARTS) is 2. The zero-order valence-electron chi connectivity index (χ0n) is 65.2. The molecule has 22 N–H and O–H groups in total. The molecule has 0 aromatic heterocycles. The minimum atomic E-state index is -2.35. The van der Waals surface area contributed by atoms with Gasteiger partial charge in [0, 0.05) is 41.1 Å². The molecule has 5 aromatic carbocycles. The summed E-state index contributed by atoms with van der Waals surface area (Å²) in [6, 6.07) is -0.679. The van der Waals surface area contributed by atoms with Gasteiger partial charge in [0.15, 0.2) is 29.9 Å². The normalized spacial score (nSPS) is 26.9. The average molecular weight is 1680 g/mol. The van der Waals surface area contributed by atoms with Crippen molar-refractivity contribution in [3.05, 3.63) is 117 Å². The number of halogens is 2. The zero-order valence-corrected chi connectivity index (χ0v) is 66.7. The van der Waals surface area contributed by atoms with E-state index in [2.05, 4.69) is 44.1 Å². The Morgan fingerprint density at radius 1 is 0.658 bits per heavy atom. The van der Waals surface area contributed by atoms with Crippen LogP contribution in [0.15, 0.2) is 78.9 Å². The molecule has 37 heteroatoms. The Bertz CT molecular complexity index is 4420. The molecule has 7 amide bonds. The second kappa shape index (κ2) is 40.6. The van der Waals surface area contributed by atoms with Gasteiger partial charge in [0.1, 0.15) is 89.5 Å². The molecule has 117 heavy (non-hydrogen) atoms. The highest BCUT2D eigenvalue weighted by atomic mass is 35.5. The van der Waals surface area contributed by atoms with Crippen molar-refractivity contribution in [1.29, 1.82) is 0 Å². The third-order valence-corrected chi connectivity index (χ3v) is 21.4. The molecular formula is C80H103Cl2N9O26. The number of ether oxygens (including phenoxy) is 6. The van der Waals surface area contributed by atoms with E-state index < -0.39 is 243 Å². The van der Waals surface area contributed by atoms with Crippen LogP contribution in [0.2, 0.25) is 10.0 Å². The molecule has 0 aliphatic carbocycles. The number of unbranched alkanes of at least 4 members (excludes halogenated alkanes) is 10. The number of phenols is 3. The molecule has 7 heterocycles. The number of benzene rings is 5. The van der Waals surface area contributed by atoms with Crippen molar-refractivity contribution in [2.45, 2.75) is 240 Å². The summed E-state index contributed by atoms with van der Waals surface area (Å²) in [5.74, 6) is -16.6. The fraction of sp³-hybridized carbons (Fsp3) is 0.512. The van der Waals surface area contributed by atoms with Crippen molar-refractivity contribution in [3.63, 3.8) is 0 Å². The van der Waals surface area contributed by atoms with E-state index in [1.807, 2.05) is 13.8 Å². The van der Waals surface area contributed by atoms with Crippen LogP contribution in [0.4, 0.5) is 0 Å². The summed E-state index contributed by atoms with van der Waals surface area (Å²) in [4.78, 5) is 127. The Morgan fingerprint density at radius 2 is 1.23 bits per heavy atom. The predicted molar refractivity (Wildman–Crippen MR) is 418 cm³/mol. The third-order valence-electron chi connectivity index (χ3n) is 20.8. The lowest BCUT2D eigenvalue weighted by Crippen LogP contribution is -2.64. The number of hydrogen-bond acceptors (Lipinski definition) is 26. The molecular weight excluding hydrogens is 1570 g/mol. The maximum atomic E-state index is 16.0. The van der Waals surface area contributed by atoms with Gasteiger partial charge < -0.3 is 133 Å². The summed E-state index contributed by atoms with van der Waals surface area (Å²) < 4.78 is 38.3. The molecule has 7 aliphatic rings. The number of nitrogens with one attached hydrogen (secondary N) is 7. The molecule has 2 saturated heterocycles. The van der Waals surface area contributed by atoms with Crippen LogP contribution in [0.5, 0.6) is 46.0 Å². The number of aliphatic hydroxyl groups excluding tert-OH is 6. The van der Waals surface area contributed by atoms with Crippen LogP contribution in [0, 0.1) is 5.92 Å². The molecule has 0 radical (unpaired) electrons. The highest BCUT2D eigenvalue weighted by Crippen LogP contribution is 2.50. The van der Waals surface area contributed by atoms with E-state index in [0.29, 0.717) is 6.42 Å². The van der Waals surface area contributed by atoms with E-state index in [1.54, 1.807) is 0 Å². The van der Waals surface area contributed by atoms with Gasteiger partial charge in [-0.05, 0) is 117 Å². The van der Waals surface area contributed by atoms with Gasteiger partial charge in [-0.3, -0.25) is 38.4 Å². The van der Waals surface area contributed by atoms with E-state index in [-0.39, 0.29) is 46.2 Å². The Kier molecular flexibility index (Phi) is 31.7. The molecule has 0 saturated carbocycles. The minimum absolute atomic E-state index is 0.0975. The number of aliphatic carboxylic acids is 2. The molecule has 11 bridgehead atoms.